The molecule has 4 heteroatoms. The van der Waals surface area contributed by atoms with E-state index in [0.717, 1.165) is 28.1 Å². The molecule has 24 heavy (non-hydrogen) atoms. The molecule has 124 valence electrons. The molecular weight excluding hydrogens is 300 g/mol. The van der Waals surface area contributed by atoms with Gasteiger partial charge in [-0.15, -0.1) is 0 Å². The van der Waals surface area contributed by atoms with Crippen LogP contribution in [0.3, 0.4) is 0 Å². The van der Waals surface area contributed by atoms with Crippen LogP contribution in [-0.2, 0) is 9.59 Å². The Morgan fingerprint density at radius 2 is 1.33 bits per heavy atom. The Bertz CT molecular complexity index is 787. The zero-order valence-electron chi connectivity index (χ0n) is 14.3. The lowest BCUT2D eigenvalue weighted by Crippen LogP contribution is -2.36. The van der Waals surface area contributed by atoms with Crippen LogP contribution in [-0.4, -0.2) is 11.8 Å². The molecule has 1 fully saturated rings. The number of hydrogen-bond acceptors (Lipinski definition) is 2. The van der Waals surface area contributed by atoms with Gasteiger partial charge in [-0.3, -0.25) is 9.59 Å². The zero-order valence-corrected chi connectivity index (χ0v) is 14.3. The Morgan fingerprint density at radius 1 is 0.792 bits per heavy atom. The summed E-state index contributed by atoms with van der Waals surface area (Å²) in [6.07, 6.45) is 1.17. The highest BCUT2D eigenvalue weighted by Crippen LogP contribution is 2.47. The minimum atomic E-state index is -0.947. The van der Waals surface area contributed by atoms with E-state index in [4.69, 9.17) is 0 Å². The van der Waals surface area contributed by atoms with E-state index in [2.05, 4.69) is 10.6 Å². The van der Waals surface area contributed by atoms with Gasteiger partial charge in [0.05, 0.1) is 0 Å². The first-order valence-corrected chi connectivity index (χ1v) is 8.19. The fourth-order valence-electron chi connectivity index (χ4n) is 2.88. The van der Waals surface area contributed by atoms with E-state index in [9.17, 15) is 9.59 Å². The van der Waals surface area contributed by atoms with Crippen molar-refractivity contribution in [2.75, 3.05) is 10.6 Å². The monoisotopic (exact) mass is 322 g/mol. The first-order valence-electron chi connectivity index (χ1n) is 8.19. The van der Waals surface area contributed by atoms with Gasteiger partial charge in [-0.1, -0.05) is 36.4 Å². The van der Waals surface area contributed by atoms with Crippen LogP contribution >= 0.6 is 0 Å². The van der Waals surface area contributed by atoms with Crippen LogP contribution < -0.4 is 10.6 Å². The fourth-order valence-corrected chi connectivity index (χ4v) is 2.88. The maximum Gasteiger partial charge on any atom is 0.240 e. The average Bonchev–Trinajstić information content (AvgIpc) is 3.35. The van der Waals surface area contributed by atoms with Gasteiger partial charge in [-0.2, -0.15) is 0 Å². The van der Waals surface area contributed by atoms with Crippen molar-refractivity contribution in [1.82, 2.24) is 0 Å². The molecule has 0 spiro atoms. The predicted molar refractivity (Wildman–Crippen MR) is 96.0 cm³/mol. The molecule has 0 aliphatic heterocycles. The van der Waals surface area contributed by atoms with E-state index < -0.39 is 5.41 Å². The van der Waals surface area contributed by atoms with E-state index in [0.29, 0.717) is 12.8 Å². The van der Waals surface area contributed by atoms with Crippen LogP contribution in [0.1, 0.15) is 29.5 Å². The molecule has 1 saturated carbocycles. The number of carbonyl (C=O) groups excluding carboxylic acids is 2. The van der Waals surface area contributed by atoms with Crippen molar-refractivity contribution in [3.63, 3.8) is 0 Å². The first-order chi connectivity index (χ1) is 11.4. The third kappa shape index (κ3) is 2.92. The Kier molecular flexibility index (Phi) is 4.14. The zero-order chi connectivity index (χ0) is 17.3. The van der Waals surface area contributed by atoms with Crippen molar-refractivity contribution < 1.29 is 9.59 Å². The summed E-state index contributed by atoms with van der Waals surface area (Å²) < 4.78 is 0. The van der Waals surface area contributed by atoms with Crippen LogP contribution in [0.25, 0.3) is 0 Å². The Hall–Kier alpha value is -2.62. The van der Waals surface area contributed by atoms with Gasteiger partial charge >= 0.3 is 0 Å². The number of carbonyl (C=O) groups is 2. The number of para-hydroxylation sites is 2. The largest absolute Gasteiger partial charge is 0.325 e. The number of benzene rings is 2. The van der Waals surface area contributed by atoms with Crippen LogP contribution in [0.4, 0.5) is 11.4 Å². The molecule has 0 saturated heterocycles. The molecule has 2 aromatic carbocycles. The van der Waals surface area contributed by atoms with Gasteiger partial charge in [0.25, 0.3) is 0 Å². The molecule has 4 nitrogen and oxygen atoms in total. The minimum absolute atomic E-state index is 0.217. The van der Waals surface area contributed by atoms with Gasteiger partial charge in [0.1, 0.15) is 5.41 Å². The SMILES string of the molecule is Cc1ccccc1NC(=O)C1(C(=O)Nc2c(C)cccc2C)CC1. The van der Waals surface area contributed by atoms with Gasteiger partial charge in [0, 0.05) is 11.4 Å². The maximum absolute atomic E-state index is 12.7. The molecule has 1 aliphatic carbocycles. The smallest absolute Gasteiger partial charge is 0.240 e. The molecule has 0 unspecified atom stereocenters. The van der Waals surface area contributed by atoms with E-state index in [1.165, 1.54) is 0 Å². The lowest BCUT2D eigenvalue weighted by Gasteiger charge is -2.18. The molecule has 0 radical (unpaired) electrons. The third-order valence-corrected chi connectivity index (χ3v) is 4.73. The summed E-state index contributed by atoms with van der Waals surface area (Å²) >= 11 is 0. The summed E-state index contributed by atoms with van der Waals surface area (Å²) in [5, 5.41) is 5.87. The number of hydrogen-bond donors (Lipinski definition) is 2. The quantitative estimate of drug-likeness (QED) is 0.837. The number of anilines is 2. The normalized spacial score (nSPS) is 14.8. The van der Waals surface area contributed by atoms with E-state index >= 15 is 0 Å². The van der Waals surface area contributed by atoms with E-state index in [1.54, 1.807) is 0 Å². The standard InChI is InChI=1S/C20H22N2O2/c1-13-7-4-5-10-16(13)21-18(23)20(11-12-20)19(24)22-17-14(2)8-6-9-15(17)3/h4-10H,11-12H2,1-3H3,(H,21,23)(H,22,24). The summed E-state index contributed by atoms with van der Waals surface area (Å²) in [6.45, 7) is 5.84. The number of amides is 2. The topological polar surface area (TPSA) is 58.2 Å². The highest BCUT2D eigenvalue weighted by atomic mass is 16.2. The molecule has 0 bridgehead atoms. The summed E-state index contributed by atoms with van der Waals surface area (Å²) in [6, 6.07) is 13.5. The molecule has 0 heterocycles. The predicted octanol–water partition coefficient (Wildman–Crippen LogP) is 3.97. The number of aryl methyl sites for hydroxylation is 3. The highest BCUT2D eigenvalue weighted by molar-refractivity contribution is 6.17. The van der Waals surface area contributed by atoms with Crippen molar-refractivity contribution >= 4 is 23.2 Å². The van der Waals surface area contributed by atoms with Gasteiger partial charge < -0.3 is 10.6 Å². The van der Waals surface area contributed by atoms with Gasteiger partial charge in [-0.25, -0.2) is 0 Å². The van der Waals surface area contributed by atoms with Crippen molar-refractivity contribution in [3.8, 4) is 0 Å². The van der Waals surface area contributed by atoms with Crippen LogP contribution in [0.15, 0.2) is 42.5 Å². The summed E-state index contributed by atoms with van der Waals surface area (Å²) in [4.78, 5) is 25.4. The van der Waals surface area contributed by atoms with Gasteiger partial charge in [0.15, 0.2) is 0 Å². The van der Waals surface area contributed by atoms with Crippen LogP contribution in [0.5, 0.6) is 0 Å². The molecule has 2 aromatic rings. The van der Waals surface area contributed by atoms with Crippen molar-refractivity contribution in [1.29, 1.82) is 0 Å². The first kappa shape index (κ1) is 16.2. The third-order valence-electron chi connectivity index (χ3n) is 4.73. The number of nitrogens with one attached hydrogen (secondary N) is 2. The summed E-state index contributed by atoms with van der Waals surface area (Å²) in [5.41, 5.74) is 3.59. The molecule has 0 aromatic heterocycles. The van der Waals surface area contributed by atoms with Crippen LogP contribution in [0.2, 0.25) is 0 Å². The van der Waals surface area contributed by atoms with Gasteiger partial charge in [-0.05, 0) is 56.4 Å². The maximum atomic E-state index is 12.7. The molecule has 3 rings (SSSR count). The summed E-state index contributed by atoms with van der Waals surface area (Å²) in [7, 11) is 0. The fraction of sp³-hybridized carbons (Fsp3) is 0.300. The molecule has 2 amide bonds. The lowest BCUT2D eigenvalue weighted by molar-refractivity contribution is -0.131. The Balaban J connectivity index is 1.77. The number of rotatable bonds is 4. The molecule has 0 atom stereocenters. The lowest BCUT2D eigenvalue weighted by atomic mass is 10.0. The average molecular weight is 322 g/mol. The molecule has 2 N–H and O–H groups in total. The van der Waals surface area contributed by atoms with Crippen molar-refractivity contribution in [2.45, 2.75) is 33.6 Å². The van der Waals surface area contributed by atoms with E-state index in [1.807, 2.05) is 63.2 Å². The van der Waals surface area contributed by atoms with E-state index in [-0.39, 0.29) is 11.8 Å². The molecule has 1 aliphatic rings. The second-order valence-electron chi connectivity index (χ2n) is 6.57. The highest BCUT2D eigenvalue weighted by Gasteiger charge is 2.56. The van der Waals surface area contributed by atoms with Crippen molar-refractivity contribution in [3.05, 3.63) is 59.2 Å². The second kappa shape index (κ2) is 6.11. The minimum Gasteiger partial charge on any atom is -0.325 e. The Morgan fingerprint density at radius 3 is 1.92 bits per heavy atom. The van der Waals surface area contributed by atoms with Gasteiger partial charge in [0.2, 0.25) is 11.8 Å². The van der Waals surface area contributed by atoms with Crippen molar-refractivity contribution in [2.24, 2.45) is 5.41 Å². The molecular formula is C20H22N2O2. The summed E-state index contributed by atoms with van der Waals surface area (Å²) in [5.74, 6) is -0.438. The second-order valence-corrected chi connectivity index (χ2v) is 6.57. The Labute approximate surface area is 142 Å². The van der Waals surface area contributed by atoms with Crippen LogP contribution in [0, 0.1) is 26.2 Å².